The summed E-state index contributed by atoms with van der Waals surface area (Å²) in [6, 6.07) is 8.89. The highest BCUT2D eigenvalue weighted by Gasteiger charge is 2.48. The minimum atomic E-state index is -0.634. The van der Waals surface area contributed by atoms with Gasteiger partial charge >= 0.3 is 0 Å². The Kier molecular flexibility index (Phi) is 4.02. The second kappa shape index (κ2) is 6.91. The number of nitrogens with zero attached hydrogens (tertiary/aromatic N) is 4. The predicted molar refractivity (Wildman–Crippen MR) is 125 cm³/mol. The van der Waals surface area contributed by atoms with Crippen LogP contribution < -0.4 is 10.5 Å². The van der Waals surface area contributed by atoms with Crippen molar-refractivity contribution in [2.24, 2.45) is 11.8 Å². The highest BCUT2D eigenvalue weighted by Crippen LogP contribution is 2.59. The van der Waals surface area contributed by atoms with Gasteiger partial charge in [-0.25, -0.2) is 14.4 Å². The summed E-state index contributed by atoms with van der Waals surface area (Å²) in [5, 5.41) is 0. The molecule has 4 aromatic rings. The zero-order valence-electron chi connectivity index (χ0n) is 18.7. The molecular weight excluding hydrogens is 433 g/mol. The fourth-order valence-electron chi connectivity index (χ4n) is 5.60. The minimum Gasteiger partial charge on any atom is -0.491 e. The number of hydrogen-bond acceptors (Lipinski definition) is 5. The largest absolute Gasteiger partial charge is 0.491 e. The van der Waals surface area contributed by atoms with Crippen molar-refractivity contribution in [2.45, 2.75) is 31.2 Å². The van der Waals surface area contributed by atoms with Gasteiger partial charge in [0.1, 0.15) is 29.5 Å². The molecule has 8 heteroatoms. The van der Waals surface area contributed by atoms with E-state index in [0.717, 1.165) is 23.1 Å². The van der Waals surface area contributed by atoms with Gasteiger partial charge in [0, 0.05) is 18.7 Å². The van der Waals surface area contributed by atoms with Crippen molar-refractivity contribution in [3.63, 3.8) is 0 Å². The third kappa shape index (κ3) is 2.90. The normalized spacial score (nSPS) is 23.2. The molecule has 172 valence electrons. The molecular formula is C26H24FN5O2. The SMILES string of the molecule is CN(C(=O)c1cc2c(cc1F)nc(N)c1cncn12)[C@@H]1COc2cc(C3CC3C3CC3)ccc21. The number of carbonyl (C=O) groups excluding carboxylic acids is 1. The van der Waals surface area contributed by atoms with E-state index in [4.69, 9.17) is 10.5 Å². The van der Waals surface area contributed by atoms with Gasteiger partial charge in [-0.15, -0.1) is 0 Å². The van der Waals surface area contributed by atoms with Crippen molar-refractivity contribution in [3.8, 4) is 5.75 Å². The topological polar surface area (TPSA) is 85.8 Å². The number of benzene rings is 2. The van der Waals surface area contributed by atoms with Crippen LogP contribution in [0.2, 0.25) is 0 Å². The van der Waals surface area contributed by atoms with Gasteiger partial charge in [-0.3, -0.25) is 9.20 Å². The number of anilines is 1. The number of fused-ring (bicyclic) bond motifs is 4. The number of nitrogens with two attached hydrogens (primary N) is 1. The number of aromatic nitrogens is 3. The van der Waals surface area contributed by atoms with E-state index in [9.17, 15) is 4.79 Å². The minimum absolute atomic E-state index is 0.0214. The first-order valence-corrected chi connectivity index (χ1v) is 11.7. The number of hydrogen-bond donors (Lipinski definition) is 1. The van der Waals surface area contributed by atoms with E-state index < -0.39 is 11.7 Å². The predicted octanol–water partition coefficient (Wildman–Crippen LogP) is 4.32. The molecule has 0 saturated heterocycles. The third-order valence-electron chi connectivity index (χ3n) is 7.77. The van der Waals surface area contributed by atoms with Crippen molar-refractivity contribution in [1.82, 2.24) is 19.3 Å². The van der Waals surface area contributed by atoms with Crippen LogP contribution in [0.5, 0.6) is 5.75 Å². The molecule has 34 heavy (non-hydrogen) atoms. The molecule has 2 fully saturated rings. The first kappa shape index (κ1) is 19.8. The van der Waals surface area contributed by atoms with Gasteiger partial charge in [-0.2, -0.15) is 0 Å². The molecule has 7 nitrogen and oxygen atoms in total. The molecule has 0 spiro atoms. The Hall–Kier alpha value is -3.68. The van der Waals surface area contributed by atoms with Gasteiger partial charge in [-0.05, 0) is 54.7 Å². The number of carbonyl (C=O) groups is 1. The Labute approximate surface area is 195 Å². The summed E-state index contributed by atoms with van der Waals surface area (Å²) in [6.07, 6.45) is 7.20. The van der Waals surface area contributed by atoms with Crippen LogP contribution in [0.1, 0.15) is 52.7 Å². The van der Waals surface area contributed by atoms with E-state index in [1.807, 2.05) is 0 Å². The van der Waals surface area contributed by atoms with Crippen LogP contribution >= 0.6 is 0 Å². The first-order chi connectivity index (χ1) is 16.5. The van der Waals surface area contributed by atoms with Gasteiger partial charge in [0.25, 0.3) is 5.91 Å². The lowest BCUT2D eigenvalue weighted by Crippen LogP contribution is -2.32. The van der Waals surface area contributed by atoms with Gasteiger partial charge in [-0.1, -0.05) is 12.1 Å². The van der Waals surface area contributed by atoms with Crippen LogP contribution in [0.4, 0.5) is 10.2 Å². The Morgan fingerprint density at radius 3 is 2.91 bits per heavy atom. The summed E-state index contributed by atoms with van der Waals surface area (Å²) >= 11 is 0. The van der Waals surface area contributed by atoms with Gasteiger partial charge < -0.3 is 15.4 Å². The zero-order valence-corrected chi connectivity index (χ0v) is 18.7. The Morgan fingerprint density at radius 2 is 2.09 bits per heavy atom. The quantitative estimate of drug-likeness (QED) is 0.493. The average molecular weight is 458 g/mol. The maximum atomic E-state index is 15.0. The Balaban J connectivity index is 1.20. The molecule has 1 aliphatic heterocycles. The first-order valence-electron chi connectivity index (χ1n) is 11.7. The van der Waals surface area contributed by atoms with Crippen LogP contribution in [-0.2, 0) is 0 Å². The standard InChI is InChI=1S/C26H24FN5O2/c1-31(23-11-34-24-6-14(4-5-15(23)24)17-7-16(17)13-2-3-13)26(33)18-8-21-20(9-19(18)27)30-25(28)22-10-29-12-32(21)22/h4-6,8-10,12-13,16-17,23H,2-3,7,11H2,1H3,(H2,28,30)/t16?,17?,23-/m1/s1. The summed E-state index contributed by atoms with van der Waals surface area (Å²) in [5.41, 5.74) is 9.80. The lowest BCUT2D eigenvalue weighted by atomic mass is 10.0. The van der Waals surface area contributed by atoms with E-state index in [2.05, 4.69) is 28.2 Å². The Bertz CT molecular complexity index is 1490. The van der Waals surface area contributed by atoms with Crippen molar-refractivity contribution in [2.75, 3.05) is 19.4 Å². The monoisotopic (exact) mass is 457 g/mol. The van der Waals surface area contributed by atoms with E-state index in [0.29, 0.717) is 29.1 Å². The lowest BCUT2D eigenvalue weighted by Gasteiger charge is -2.24. The van der Waals surface area contributed by atoms with E-state index in [1.165, 1.54) is 37.0 Å². The van der Waals surface area contributed by atoms with Crippen LogP contribution in [0.25, 0.3) is 16.6 Å². The second-order valence-corrected chi connectivity index (χ2v) is 9.85. The lowest BCUT2D eigenvalue weighted by molar-refractivity contribution is 0.0704. The smallest absolute Gasteiger partial charge is 0.257 e. The molecule has 2 N–H and O–H groups in total. The van der Waals surface area contributed by atoms with E-state index in [1.54, 1.807) is 28.9 Å². The maximum Gasteiger partial charge on any atom is 0.257 e. The summed E-state index contributed by atoms with van der Waals surface area (Å²) in [7, 11) is 1.70. The van der Waals surface area contributed by atoms with E-state index in [-0.39, 0.29) is 17.4 Å². The van der Waals surface area contributed by atoms with Gasteiger partial charge in [0.05, 0.1) is 35.2 Å². The second-order valence-electron chi connectivity index (χ2n) is 9.85. The van der Waals surface area contributed by atoms with Crippen LogP contribution in [0, 0.1) is 17.7 Å². The number of ether oxygens (including phenoxy) is 1. The molecule has 0 radical (unpaired) electrons. The number of rotatable bonds is 4. The maximum absolute atomic E-state index is 15.0. The average Bonchev–Trinajstić information content (AvgIpc) is 3.73. The Morgan fingerprint density at radius 1 is 1.24 bits per heavy atom. The van der Waals surface area contributed by atoms with Crippen molar-refractivity contribution >= 4 is 28.3 Å². The van der Waals surface area contributed by atoms with Gasteiger partial charge in [0.2, 0.25) is 0 Å². The van der Waals surface area contributed by atoms with E-state index >= 15 is 4.39 Å². The van der Waals surface area contributed by atoms with Crippen LogP contribution in [0.3, 0.4) is 0 Å². The third-order valence-corrected chi connectivity index (χ3v) is 7.77. The molecule has 2 unspecified atom stereocenters. The van der Waals surface area contributed by atoms with Crippen molar-refractivity contribution < 1.29 is 13.9 Å². The molecule has 7 rings (SSSR count). The number of nitrogen functional groups attached to an aromatic ring is 1. The molecule has 2 aliphatic carbocycles. The molecule has 2 aromatic heterocycles. The summed E-state index contributed by atoms with van der Waals surface area (Å²) in [6.45, 7) is 0.358. The molecule has 3 atom stereocenters. The molecule has 2 aromatic carbocycles. The molecule has 1 amide bonds. The van der Waals surface area contributed by atoms with Crippen LogP contribution in [-0.4, -0.2) is 38.8 Å². The molecule has 3 heterocycles. The van der Waals surface area contributed by atoms with Crippen molar-refractivity contribution in [3.05, 3.63) is 65.4 Å². The number of amides is 1. The zero-order chi connectivity index (χ0) is 23.1. The van der Waals surface area contributed by atoms with Gasteiger partial charge in [0.15, 0.2) is 0 Å². The van der Waals surface area contributed by atoms with Crippen LogP contribution in [0.15, 0.2) is 42.9 Å². The molecule has 0 bridgehead atoms. The highest BCUT2D eigenvalue weighted by molar-refractivity contribution is 5.98. The molecule has 3 aliphatic rings. The van der Waals surface area contributed by atoms with Crippen molar-refractivity contribution in [1.29, 1.82) is 0 Å². The molecule has 2 saturated carbocycles. The number of likely N-dealkylation sites (N-methyl/N-ethyl adjacent to an activating group) is 1. The number of halogens is 1. The fraction of sp³-hybridized carbons (Fsp3) is 0.346. The summed E-state index contributed by atoms with van der Waals surface area (Å²) in [5.74, 6) is 2.45. The number of imidazole rings is 1. The summed E-state index contributed by atoms with van der Waals surface area (Å²) in [4.78, 5) is 23.4. The highest BCUT2D eigenvalue weighted by atomic mass is 19.1. The fourth-order valence-corrected chi connectivity index (χ4v) is 5.60. The summed E-state index contributed by atoms with van der Waals surface area (Å²) < 4.78 is 22.7.